The molecule has 4 rings (SSSR count). The van der Waals surface area contributed by atoms with Crippen LogP contribution >= 0.6 is 34.8 Å². The van der Waals surface area contributed by atoms with Crippen molar-refractivity contribution < 1.29 is 31.4 Å². The number of hydrogen-bond acceptors (Lipinski definition) is 4. The Kier molecular flexibility index (Phi) is 7.33. The summed E-state index contributed by atoms with van der Waals surface area (Å²) in [5.41, 5.74) is -3.27. The third-order valence-corrected chi connectivity index (χ3v) is 8.28. The molecule has 1 aliphatic rings. The highest BCUT2D eigenvalue weighted by Gasteiger charge is 2.62. The van der Waals surface area contributed by atoms with Crippen LogP contribution in [0, 0.1) is 5.82 Å². The molecule has 0 radical (unpaired) electrons. The van der Waals surface area contributed by atoms with Gasteiger partial charge in [0.15, 0.2) is 5.82 Å². The molecule has 0 bridgehead atoms. The maximum Gasteiger partial charge on any atom is 0.435 e. The van der Waals surface area contributed by atoms with Gasteiger partial charge in [-0.25, -0.2) is 8.60 Å². The van der Waals surface area contributed by atoms with Gasteiger partial charge in [0.05, 0.1) is 35.4 Å². The fraction of sp³-hybridized carbons (Fsp3) is 0.167. The second-order valence-corrected chi connectivity index (χ2v) is 11.5. The molecular weight excluding hydrogens is 579 g/mol. The minimum atomic E-state index is -4.96. The van der Waals surface area contributed by atoms with Crippen molar-refractivity contribution in [3.8, 4) is 0 Å². The zero-order chi connectivity index (χ0) is 27.2. The lowest BCUT2D eigenvalue weighted by molar-refractivity contribution is -0.275. The van der Waals surface area contributed by atoms with Gasteiger partial charge in [-0.15, -0.1) is 0 Å². The van der Waals surface area contributed by atoms with Gasteiger partial charge in [0.25, 0.3) is 11.5 Å². The van der Waals surface area contributed by atoms with Crippen LogP contribution in [0.15, 0.2) is 75.1 Å². The summed E-state index contributed by atoms with van der Waals surface area (Å²) < 4.78 is 73.1. The van der Waals surface area contributed by atoms with Crippen LogP contribution in [-0.4, -0.2) is 28.3 Å². The van der Waals surface area contributed by atoms with Gasteiger partial charge in [-0.3, -0.25) is 4.79 Å². The molecule has 1 amide bonds. The van der Waals surface area contributed by atoms with Crippen LogP contribution in [0.2, 0.25) is 15.1 Å². The quantitative estimate of drug-likeness (QED) is 0.230. The Morgan fingerprint density at radius 1 is 1.03 bits per heavy atom. The van der Waals surface area contributed by atoms with Crippen molar-refractivity contribution in [3.05, 3.63) is 98.2 Å². The predicted molar refractivity (Wildman–Crippen MR) is 133 cm³/mol. The normalized spacial score (nSPS) is 19.1. The summed E-state index contributed by atoms with van der Waals surface area (Å²) in [7, 11) is -3.16. The number of alkyl halides is 3. The molecular formula is C24H15Cl3F4N2O3S. The average Bonchev–Trinajstić information content (AvgIpc) is 3.29. The summed E-state index contributed by atoms with van der Waals surface area (Å²) >= 11 is 17.5. The summed E-state index contributed by atoms with van der Waals surface area (Å²) in [4.78, 5) is 17.7. The number of rotatable bonds is 4. The van der Waals surface area contributed by atoms with Crippen molar-refractivity contribution in [1.82, 2.24) is 0 Å². The number of carbonyl (C=O) groups excluding carboxylic acids is 1. The zero-order valence-corrected chi connectivity index (χ0v) is 21.7. The number of carbonyl (C=O) groups is 1. The third-order valence-electron chi connectivity index (χ3n) is 5.60. The van der Waals surface area contributed by atoms with Crippen LogP contribution in [0.5, 0.6) is 0 Å². The van der Waals surface area contributed by atoms with E-state index in [0.29, 0.717) is 0 Å². The van der Waals surface area contributed by atoms with Crippen molar-refractivity contribution in [2.45, 2.75) is 23.1 Å². The third kappa shape index (κ3) is 5.20. The highest BCUT2D eigenvalue weighted by molar-refractivity contribution is 7.93. The molecule has 1 heterocycles. The topological polar surface area (TPSA) is 68.1 Å². The van der Waals surface area contributed by atoms with Gasteiger partial charge in [-0.1, -0.05) is 64.2 Å². The Morgan fingerprint density at radius 2 is 1.62 bits per heavy atom. The molecule has 0 spiro atoms. The average molecular weight is 594 g/mol. The number of nitrogens with zero attached hydrogens (tertiary/aromatic N) is 2. The molecule has 3 aromatic carbocycles. The first-order chi connectivity index (χ1) is 17.2. The molecule has 2 unspecified atom stereocenters. The van der Waals surface area contributed by atoms with E-state index in [1.165, 1.54) is 42.7 Å². The van der Waals surface area contributed by atoms with E-state index in [0.717, 1.165) is 12.1 Å². The number of oxime groups is 1. The fourth-order valence-corrected chi connectivity index (χ4v) is 6.00. The SMILES string of the molecule is CS(=O)(=NC(=O)c1ccc(C2=NOC(c3cc(Cl)c(F)c(Cl)c3)(C(F)(F)F)C2)cc1)c1ccccc1Cl. The smallest absolute Gasteiger partial charge is 0.374 e. The standard InChI is InChI=1S/C24H15Cl3F4N2O3S/c1-37(35,20-5-3-2-4-16(20)25)33-22(34)14-8-6-13(7-9-14)19-12-23(36-32-19,24(29,30)31)15-10-17(26)21(28)18(27)11-15/h2-11H,12H2,1H3. The predicted octanol–water partition coefficient (Wildman–Crippen LogP) is 7.67. The van der Waals surface area contributed by atoms with Gasteiger partial charge in [-0.05, 0) is 42.0 Å². The van der Waals surface area contributed by atoms with Gasteiger partial charge in [0.2, 0.25) is 0 Å². The van der Waals surface area contributed by atoms with Crippen molar-refractivity contribution in [2.75, 3.05) is 6.26 Å². The Bertz CT molecular complexity index is 1530. The van der Waals surface area contributed by atoms with Crippen molar-refractivity contribution in [3.63, 3.8) is 0 Å². The van der Waals surface area contributed by atoms with Crippen LogP contribution in [0.3, 0.4) is 0 Å². The second-order valence-electron chi connectivity index (χ2n) is 8.09. The van der Waals surface area contributed by atoms with E-state index >= 15 is 0 Å². The Labute approximate surface area is 224 Å². The molecule has 5 nitrogen and oxygen atoms in total. The molecule has 0 aliphatic carbocycles. The van der Waals surface area contributed by atoms with E-state index in [4.69, 9.17) is 39.6 Å². The zero-order valence-electron chi connectivity index (χ0n) is 18.7. The Hall–Kier alpha value is -2.66. The van der Waals surface area contributed by atoms with E-state index < -0.39 is 55.3 Å². The number of benzene rings is 3. The minimum absolute atomic E-state index is 0.0454. The fourth-order valence-electron chi connectivity index (χ4n) is 3.66. The van der Waals surface area contributed by atoms with Crippen LogP contribution in [0.1, 0.15) is 27.9 Å². The molecule has 0 saturated carbocycles. The van der Waals surface area contributed by atoms with Crippen molar-refractivity contribution in [1.29, 1.82) is 0 Å². The van der Waals surface area contributed by atoms with Crippen molar-refractivity contribution >= 4 is 56.2 Å². The largest absolute Gasteiger partial charge is 0.435 e. The number of hydrogen-bond donors (Lipinski definition) is 0. The van der Waals surface area contributed by atoms with Gasteiger partial charge in [0.1, 0.15) is 0 Å². The van der Waals surface area contributed by atoms with Crippen LogP contribution in [-0.2, 0) is 20.2 Å². The number of amides is 1. The van der Waals surface area contributed by atoms with Gasteiger partial charge < -0.3 is 4.84 Å². The molecule has 194 valence electrons. The Balaban J connectivity index is 1.62. The molecule has 0 aromatic heterocycles. The molecule has 37 heavy (non-hydrogen) atoms. The number of halogens is 7. The summed E-state index contributed by atoms with van der Waals surface area (Å²) in [5, 5.41) is 2.61. The minimum Gasteiger partial charge on any atom is -0.374 e. The lowest BCUT2D eigenvalue weighted by atomic mass is 9.86. The molecule has 0 N–H and O–H groups in total. The summed E-state index contributed by atoms with van der Waals surface area (Å²) in [6, 6.07) is 13.2. The summed E-state index contributed by atoms with van der Waals surface area (Å²) in [6.07, 6.45) is -4.45. The Morgan fingerprint density at radius 3 is 2.19 bits per heavy atom. The first-order valence-corrected chi connectivity index (χ1v) is 13.4. The van der Waals surface area contributed by atoms with Gasteiger partial charge in [-0.2, -0.15) is 17.5 Å². The maximum atomic E-state index is 14.2. The van der Waals surface area contributed by atoms with Crippen molar-refractivity contribution in [2.24, 2.45) is 9.52 Å². The lowest BCUT2D eigenvalue weighted by Gasteiger charge is -2.29. The van der Waals surface area contributed by atoms with E-state index in [-0.39, 0.29) is 26.8 Å². The van der Waals surface area contributed by atoms with Gasteiger partial charge in [0, 0.05) is 23.8 Å². The van der Waals surface area contributed by atoms with Crippen LogP contribution in [0.25, 0.3) is 0 Å². The molecule has 0 saturated heterocycles. The monoisotopic (exact) mass is 592 g/mol. The molecule has 0 fully saturated rings. The first-order valence-electron chi connectivity index (χ1n) is 10.3. The summed E-state index contributed by atoms with van der Waals surface area (Å²) in [6.45, 7) is 0. The van der Waals surface area contributed by atoms with E-state index in [1.807, 2.05) is 0 Å². The lowest BCUT2D eigenvalue weighted by Crippen LogP contribution is -2.42. The van der Waals surface area contributed by atoms with Crippen LogP contribution in [0.4, 0.5) is 17.6 Å². The second kappa shape index (κ2) is 9.90. The van der Waals surface area contributed by atoms with Gasteiger partial charge >= 0.3 is 6.18 Å². The maximum absolute atomic E-state index is 14.2. The molecule has 2 atom stereocenters. The van der Waals surface area contributed by atoms with Crippen LogP contribution < -0.4 is 0 Å². The molecule has 3 aromatic rings. The summed E-state index contributed by atoms with van der Waals surface area (Å²) in [5.74, 6) is -1.86. The van der Waals surface area contributed by atoms with E-state index in [9.17, 15) is 26.6 Å². The molecule has 13 heteroatoms. The highest BCUT2D eigenvalue weighted by Crippen LogP contribution is 2.50. The highest BCUT2D eigenvalue weighted by atomic mass is 35.5. The molecule has 1 aliphatic heterocycles. The van der Waals surface area contributed by atoms with E-state index in [1.54, 1.807) is 12.1 Å². The first kappa shape index (κ1) is 27.4. The van der Waals surface area contributed by atoms with E-state index in [2.05, 4.69) is 9.52 Å².